The van der Waals surface area contributed by atoms with E-state index in [0.717, 1.165) is 27.8 Å². The highest BCUT2D eigenvalue weighted by Crippen LogP contribution is 2.32. The summed E-state index contributed by atoms with van der Waals surface area (Å²) in [6.07, 6.45) is 0.719. The summed E-state index contributed by atoms with van der Waals surface area (Å²) in [6.45, 7) is 5.86. The standard InChI is InChI=1S/C28H26N4O4S/c1-17-10-11-20-12-13-25(33)29-21-8-5-9-22(15-21)37(34,35)32-28-30-23(16-26(31-28)36-24(17)14-20)27-18(2)6-4-7-19(27)3/h4-11,14-16H,12-13H2,1-3H3,(H,29,33)(H,30,31,32). The number of carbonyl (C=O) groups excluding carboxylic acids is 1. The lowest BCUT2D eigenvalue weighted by molar-refractivity contribution is -0.116. The van der Waals surface area contributed by atoms with Crippen LogP contribution in [0.1, 0.15) is 28.7 Å². The lowest BCUT2D eigenvalue weighted by Gasteiger charge is -2.16. The number of carbonyl (C=O) groups is 1. The van der Waals surface area contributed by atoms with E-state index in [1.165, 1.54) is 12.1 Å². The molecule has 1 amide bonds. The number of sulfonamides is 1. The van der Waals surface area contributed by atoms with E-state index in [9.17, 15) is 13.2 Å². The molecule has 0 atom stereocenters. The second-order valence-electron chi connectivity index (χ2n) is 9.07. The van der Waals surface area contributed by atoms with Crippen LogP contribution in [0, 0.1) is 20.8 Å². The summed E-state index contributed by atoms with van der Waals surface area (Å²) in [5.41, 5.74) is 5.58. The second kappa shape index (κ2) is 9.67. The monoisotopic (exact) mass is 514 g/mol. The van der Waals surface area contributed by atoms with Crippen LogP contribution in [0.5, 0.6) is 11.6 Å². The van der Waals surface area contributed by atoms with Gasteiger partial charge in [-0.2, -0.15) is 4.98 Å². The summed E-state index contributed by atoms with van der Waals surface area (Å²) < 4.78 is 35.2. The molecule has 0 fully saturated rings. The van der Waals surface area contributed by atoms with E-state index in [4.69, 9.17) is 4.74 Å². The number of amides is 1. The van der Waals surface area contributed by atoms with Crippen LogP contribution in [-0.2, 0) is 21.2 Å². The van der Waals surface area contributed by atoms with E-state index in [2.05, 4.69) is 20.0 Å². The summed E-state index contributed by atoms with van der Waals surface area (Å²) in [5.74, 6) is 0.425. The van der Waals surface area contributed by atoms with Gasteiger partial charge in [0.05, 0.1) is 10.6 Å². The van der Waals surface area contributed by atoms with Crippen LogP contribution in [0.25, 0.3) is 11.3 Å². The van der Waals surface area contributed by atoms with Gasteiger partial charge in [0.1, 0.15) is 5.75 Å². The third-order valence-electron chi connectivity index (χ3n) is 6.20. The molecule has 37 heavy (non-hydrogen) atoms. The van der Waals surface area contributed by atoms with E-state index in [1.807, 2.05) is 57.2 Å². The SMILES string of the molecule is Cc1ccc2cc1Oc1cc(-c3c(C)cccc3C)nc(n1)NS(=O)(=O)c1cccc(c1)NC(=O)CC2. The first kappa shape index (κ1) is 24.5. The zero-order chi connectivity index (χ0) is 26.2. The fourth-order valence-corrected chi connectivity index (χ4v) is 5.28. The van der Waals surface area contributed by atoms with E-state index in [0.29, 0.717) is 23.6 Å². The Morgan fingerprint density at radius 3 is 2.38 bits per heavy atom. The number of hydrogen-bond donors (Lipinski definition) is 2. The van der Waals surface area contributed by atoms with Crippen LogP contribution in [0.4, 0.5) is 11.6 Å². The van der Waals surface area contributed by atoms with Crippen LogP contribution in [0.3, 0.4) is 0 Å². The van der Waals surface area contributed by atoms with Crippen molar-refractivity contribution in [2.75, 3.05) is 10.0 Å². The Kier molecular flexibility index (Phi) is 6.39. The van der Waals surface area contributed by atoms with Crippen molar-refractivity contribution in [3.8, 4) is 22.9 Å². The van der Waals surface area contributed by atoms with Crippen LogP contribution in [0.15, 0.2) is 71.6 Å². The molecule has 1 aromatic heterocycles. The Labute approximate surface area is 215 Å². The van der Waals surface area contributed by atoms with Crippen molar-refractivity contribution in [1.82, 2.24) is 9.97 Å². The molecule has 2 heterocycles. The minimum atomic E-state index is -4.07. The molecule has 5 rings (SSSR count). The maximum atomic E-state index is 13.3. The highest BCUT2D eigenvalue weighted by Gasteiger charge is 2.20. The molecule has 9 heteroatoms. The van der Waals surface area contributed by atoms with Crippen LogP contribution in [-0.4, -0.2) is 24.3 Å². The van der Waals surface area contributed by atoms with Crippen molar-refractivity contribution in [3.63, 3.8) is 0 Å². The van der Waals surface area contributed by atoms with Gasteiger partial charge in [0, 0.05) is 23.7 Å². The molecule has 0 saturated carbocycles. The molecule has 1 aliphatic rings. The largest absolute Gasteiger partial charge is 0.439 e. The number of aromatic nitrogens is 2. The Bertz CT molecular complexity index is 1610. The van der Waals surface area contributed by atoms with Gasteiger partial charge in [0.15, 0.2) is 0 Å². The Morgan fingerprint density at radius 1 is 0.838 bits per heavy atom. The molecule has 188 valence electrons. The van der Waals surface area contributed by atoms with Crippen molar-refractivity contribution < 1.29 is 17.9 Å². The summed E-state index contributed by atoms with van der Waals surface area (Å²) in [4.78, 5) is 21.5. The lowest BCUT2D eigenvalue weighted by Crippen LogP contribution is -2.17. The molecular formula is C28H26N4O4S. The summed E-state index contributed by atoms with van der Waals surface area (Å²) in [6, 6.07) is 19.4. The van der Waals surface area contributed by atoms with Gasteiger partial charge < -0.3 is 10.1 Å². The van der Waals surface area contributed by atoms with Gasteiger partial charge in [-0.05, 0) is 73.7 Å². The van der Waals surface area contributed by atoms with Gasteiger partial charge in [-0.1, -0.05) is 36.4 Å². The van der Waals surface area contributed by atoms with Crippen molar-refractivity contribution in [1.29, 1.82) is 0 Å². The van der Waals surface area contributed by atoms with E-state index in [-0.39, 0.29) is 29.1 Å². The molecule has 6 bridgehead atoms. The van der Waals surface area contributed by atoms with Crippen molar-refractivity contribution in [3.05, 3.63) is 89.0 Å². The first-order valence-corrected chi connectivity index (χ1v) is 13.3. The van der Waals surface area contributed by atoms with Gasteiger partial charge in [-0.25, -0.2) is 18.1 Å². The predicted octanol–water partition coefficient (Wildman–Crippen LogP) is 5.55. The highest BCUT2D eigenvalue weighted by atomic mass is 32.2. The number of hydrogen-bond acceptors (Lipinski definition) is 6. The van der Waals surface area contributed by atoms with E-state index in [1.54, 1.807) is 18.2 Å². The summed E-state index contributed by atoms with van der Waals surface area (Å²) >= 11 is 0. The van der Waals surface area contributed by atoms with Crippen LogP contribution < -0.4 is 14.8 Å². The molecule has 4 aromatic rings. The zero-order valence-corrected chi connectivity index (χ0v) is 21.5. The lowest BCUT2D eigenvalue weighted by atomic mass is 10.00. The van der Waals surface area contributed by atoms with Gasteiger partial charge >= 0.3 is 0 Å². The average molecular weight is 515 g/mol. The number of aryl methyl sites for hydroxylation is 4. The molecule has 0 saturated heterocycles. The number of nitrogens with one attached hydrogen (secondary N) is 2. The predicted molar refractivity (Wildman–Crippen MR) is 142 cm³/mol. The first-order chi connectivity index (χ1) is 17.7. The van der Waals surface area contributed by atoms with Crippen molar-refractivity contribution >= 4 is 27.6 Å². The van der Waals surface area contributed by atoms with Gasteiger partial charge in [0.2, 0.25) is 17.7 Å². The zero-order valence-electron chi connectivity index (χ0n) is 20.7. The summed E-state index contributed by atoms with van der Waals surface area (Å²) in [7, 11) is -4.07. The Hall–Kier alpha value is -4.24. The summed E-state index contributed by atoms with van der Waals surface area (Å²) in [5, 5.41) is 2.78. The quantitative estimate of drug-likeness (QED) is 0.345. The molecule has 0 radical (unpaired) electrons. The number of rotatable bonds is 1. The Balaban J connectivity index is 1.69. The van der Waals surface area contributed by atoms with Crippen molar-refractivity contribution in [2.24, 2.45) is 0 Å². The second-order valence-corrected chi connectivity index (χ2v) is 10.7. The number of nitrogens with zero attached hydrogens (tertiary/aromatic N) is 2. The fourth-order valence-electron chi connectivity index (χ4n) is 4.29. The third kappa shape index (κ3) is 5.31. The normalized spacial score (nSPS) is 14.7. The van der Waals surface area contributed by atoms with E-state index < -0.39 is 10.0 Å². The van der Waals surface area contributed by atoms with Gasteiger partial charge in [-0.3, -0.25) is 4.79 Å². The fraction of sp³-hybridized carbons (Fsp3) is 0.179. The smallest absolute Gasteiger partial charge is 0.264 e. The molecule has 1 aliphatic heterocycles. The molecule has 0 aliphatic carbocycles. The third-order valence-corrected chi connectivity index (χ3v) is 7.53. The maximum absolute atomic E-state index is 13.3. The molecule has 2 N–H and O–H groups in total. The number of ether oxygens (including phenoxy) is 1. The number of fused-ring (bicyclic) bond motifs is 6. The topological polar surface area (TPSA) is 110 Å². The minimum absolute atomic E-state index is 0.0259. The first-order valence-electron chi connectivity index (χ1n) is 11.8. The van der Waals surface area contributed by atoms with Crippen molar-refractivity contribution in [2.45, 2.75) is 38.5 Å². The van der Waals surface area contributed by atoms with Gasteiger partial charge in [0.25, 0.3) is 10.0 Å². The molecule has 0 unspecified atom stereocenters. The molecule has 3 aromatic carbocycles. The maximum Gasteiger partial charge on any atom is 0.264 e. The molecule has 8 nitrogen and oxygen atoms in total. The van der Waals surface area contributed by atoms with Gasteiger partial charge in [-0.15, -0.1) is 0 Å². The highest BCUT2D eigenvalue weighted by molar-refractivity contribution is 7.92. The molecular weight excluding hydrogens is 488 g/mol. The average Bonchev–Trinajstić information content (AvgIpc) is 2.84. The molecule has 0 spiro atoms. The van der Waals surface area contributed by atoms with Crippen LogP contribution >= 0.6 is 0 Å². The number of benzene rings is 3. The number of anilines is 2. The van der Waals surface area contributed by atoms with Crippen LogP contribution in [0.2, 0.25) is 0 Å². The van der Waals surface area contributed by atoms with E-state index >= 15 is 0 Å². The minimum Gasteiger partial charge on any atom is -0.439 e. The Morgan fingerprint density at radius 2 is 1.59 bits per heavy atom.